The highest BCUT2D eigenvalue weighted by Crippen LogP contribution is 2.28. The van der Waals surface area contributed by atoms with Gasteiger partial charge >= 0.3 is 0 Å². The van der Waals surface area contributed by atoms with Gasteiger partial charge in [0.2, 0.25) is 0 Å². The van der Waals surface area contributed by atoms with Crippen molar-refractivity contribution in [2.75, 3.05) is 51.3 Å². The van der Waals surface area contributed by atoms with Gasteiger partial charge in [-0.3, -0.25) is 9.67 Å². The van der Waals surface area contributed by atoms with Crippen LogP contribution in [0.25, 0.3) is 0 Å². The van der Waals surface area contributed by atoms with E-state index in [0.717, 1.165) is 63.2 Å². The molecule has 0 saturated carbocycles. The van der Waals surface area contributed by atoms with Crippen molar-refractivity contribution in [2.24, 2.45) is 4.99 Å². The van der Waals surface area contributed by atoms with Gasteiger partial charge in [-0.05, 0) is 25.1 Å². The lowest BCUT2D eigenvalue weighted by Crippen LogP contribution is -2.52. The molecular formula is C19H28N6O. The Morgan fingerprint density at radius 3 is 2.69 bits per heavy atom. The molecule has 0 spiro atoms. The van der Waals surface area contributed by atoms with Crippen LogP contribution in [0.4, 0.5) is 5.69 Å². The monoisotopic (exact) mass is 356 g/mol. The third-order valence-corrected chi connectivity index (χ3v) is 4.49. The van der Waals surface area contributed by atoms with Crippen LogP contribution in [0.3, 0.4) is 0 Å². The number of anilines is 1. The lowest BCUT2D eigenvalue weighted by molar-refractivity contribution is 0.366. The van der Waals surface area contributed by atoms with Gasteiger partial charge in [-0.15, -0.1) is 0 Å². The van der Waals surface area contributed by atoms with Gasteiger partial charge in [0.05, 0.1) is 25.9 Å². The molecule has 1 aliphatic heterocycles. The van der Waals surface area contributed by atoms with Crippen molar-refractivity contribution in [1.29, 1.82) is 0 Å². The summed E-state index contributed by atoms with van der Waals surface area (Å²) in [5.74, 6) is 1.92. The largest absolute Gasteiger partial charge is 0.495 e. The van der Waals surface area contributed by atoms with E-state index in [0.29, 0.717) is 0 Å². The number of rotatable bonds is 6. The van der Waals surface area contributed by atoms with Crippen LogP contribution in [-0.4, -0.2) is 67.0 Å². The lowest BCUT2D eigenvalue weighted by Gasteiger charge is -2.38. The fourth-order valence-electron chi connectivity index (χ4n) is 3.17. The SMILES string of the molecule is CCNC(=NCCn1cccn1)N1CCN(c2ccccc2OC)CC1. The Bertz CT molecular complexity index is 692. The minimum absolute atomic E-state index is 0.719. The van der Waals surface area contributed by atoms with E-state index in [1.807, 2.05) is 29.1 Å². The summed E-state index contributed by atoms with van der Waals surface area (Å²) in [6.07, 6.45) is 3.76. The summed E-state index contributed by atoms with van der Waals surface area (Å²) < 4.78 is 7.41. The Balaban J connectivity index is 1.58. The van der Waals surface area contributed by atoms with Crippen LogP contribution < -0.4 is 15.0 Å². The normalized spacial score (nSPS) is 15.2. The predicted molar refractivity (Wildman–Crippen MR) is 105 cm³/mol. The van der Waals surface area contributed by atoms with E-state index in [9.17, 15) is 0 Å². The summed E-state index contributed by atoms with van der Waals surface area (Å²) in [6.45, 7) is 8.26. The summed E-state index contributed by atoms with van der Waals surface area (Å²) in [5, 5.41) is 7.64. The summed E-state index contributed by atoms with van der Waals surface area (Å²) >= 11 is 0. The molecule has 3 rings (SSSR count). The van der Waals surface area contributed by atoms with Gasteiger partial charge in [0.15, 0.2) is 5.96 Å². The molecule has 1 N–H and O–H groups in total. The molecular weight excluding hydrogens is 328 g/mol. The first-order valence-electron chi connectivity index (χ1n) is 9.20. The minimum Gasteiger partial charge on any atom is -0.495 e. The summed E-state index contributed by atoms with van der Waals surface area (Å²) in [7, 11) is 1.73. The van der Waals surface area contributed by atoms with Gasteiger partial charge in [-0.25, -0.2) is 0 Å². The molecule has 2 aromatic rings. The Kier molecular flexibility index (Phi) is 6.35. The smallest absolute Gasteiger partial charge is 0.194 e. The molecule has 1 aliphatic rings. The van der Waals surface area contributed by atoms with E-state index in [1.54, 1.807) is 13.3 Å². The topological polar surface area (TPSA) is 57.9 Å². The summed E-state index contributed by atoms with van der Waals surface area (Å²) in [6, 6.07) is 10.1. The first kappa shape index (κ1) is 18.1. The fraction of sp³-hybridized carbons (Fsp3) is 0.474. The number of methoxy groups -OCH3 is 1. The number of ether oxygens (including phenoxy) is 1. The number of nitrogens with zero attached hydrogens (tertiary/aromatic N) is 5. The highest BCUT2D eigenvalue weighted by atomic mass is 16.5. The van der Waals surface area contributed by atoms with Gasteiger partial charge in [-0.1, -0.05) is 12.1 Å². The molecule has 0 atom stereocenters. The minimum atomic E-state index is 0.719. The van der Waals surface area contributed by atoms with Crippen molar-refractivity contribution in [1.82, 2.24) is 20.0 Å². The van der Waals surface area contributed by atoms with Crippen LogP contribution in [0.15, 0.2) is 47.7 Å². The second-order valence-electron chi connectivity index (χ2n) is 6.15. The zero-order valence-corrected chi connectivity index (χ0v) is 15.6. The molecule has 0 radical (unpaired) electrons. The average molecular weight is 356 g/mol. The van der Waals surface area contributed by atoms with Crippen LogP contribution in [0.2, 0.25) is 0 Å². The maximum Gasteiger partial charge on any atom is 0.194 e. The number of hydrogen-bond donors (Lipinski definition) is 1. The van der Waals surface area contributed by atoms with Gasteiger partial charge in [-0.2, -0.15) is 5.10 Å². The molecule has 140 valence electrons. The third kappa shape index (κ3) is 4.47. The first-order valence-corrected chi connectivity index (χ1v) is 9.20. The number of nitrogens with one attached hydrogen (secondary N) is 1. The number of piperazine rings is 1. The van der Waals surface area contributed by atoms with Crippen molar-refractivity contribution >= 4 is 11.6 Å². The Morgan fingerprint density at radius 1 is 1.19 bits per heavy atom. The van der Waals surface area contributed by atoms with E-state index in [1.165, 1.54) is 0 Å². The number of aromatic nitrogens is 2. The highest BCUT2D eigenvalue weighted by Gasteiger charge is 2.21. The van der Waals surface area contributed by atoms with Gasteiger partial charge < -0.3 is 19.9 Å². The van der Waals surface area contributed by atoms with Crippen molar-refractivity contribution in [3.05, 3.63) is 42.7 Å². The third-order valence-electron chi connectivity index (χ3n) is 4.49. The number of aliphatic imine (C=N–C) groups is 1. The van der Waals surface area contributed by atoms with E-state index >= 15 is 0 Å². The highest BCUT2D eigenvalue weighted by molar-refractivity contribution is 5.80. The maximum absolute atomic E-state index is 5.50. The molecule has 1 saturated heterocycles. The molecule has 26 heavy (non-hydrogen) atoms. The molecule has 2 heterocycles. The Morgan fingerprint density at radius 2 is 2.00 bits per heavy atom. The first-order chi connectivity index (χ1) is 12.8. The fourth-order valence-corrected chi connectivity index (χ4v) is 3.17. The Hall–Kier alpha value is -2.70. The predicted octanol–water partition coefficient (Wildman–Crippen LogP) is 1.68. The van der Waals surface area contributed by atoms with Crippen LogP contribution in [-0.2, 0) is 6.54 Å². The second-order valence-corrected chi connectivity index (χ2v) is 6.15. The summed E-state index contributed by atoms with van der Waals surface area (Å²) in [5.41, 5.74) is 1.16. The van der Waals surface area contributed by atoms with E-state index in [4.69, 9.17) is 9.73 Å². The molecule has 1 fully saturated rings. The molecule has 0 bridgehead atoms. The molecule has 0 unspecified atom stereocenters. The van der Waals surface area contributed by atoms with Crippen LogP contribution in [0.5, 0.6) is 5.75 Å². The van der Waals surface area contributed by atoms with E-state index < -0.39 is 0 Å². The maximum atomic E-state index is 5.50. The number of benzene rings is 1. The molecule has 0 amide bonds. The quantitative estimate of drug-likeness (QED) is 0.630. The molecule has 7 heteroatoms. The molecule has 1 aromatic heterocycles. The zero-order valence-electron chi connectivity index (χ0n) is 15.6. The van der Waals surface area contributed by atoms with Gasteiger partial charge in [0.1, 0.15) is 5.75 Å². The average Bonchev–Trinajstić information content (AvgIpc) is 3.21. The molecule has 0 aliphatic carbocycles. The van der Waals surface area contributed by atoms with E-state index in [2.05, 4.69) is 39.3 Å². The number of para-hydroxylation sites is 2. The van der Waals surface area contributed by atoms with Crippen molar-refractivity contribution in [2.45, 2.75) is 13.5 Å². The van der Waals surface area contributed by atoms with Gasteiger partial charge in [0, 0.05) is 45.1 Å². The number of hydrogen-bond acceptors (Lipinski definition) is 4. The standard InChI is InChI=1S/C19H28N6O/c1-3-20-19(21-10-12-25-11-6-9-22-25)24-15-13-23(14-16-24)17-7-4-5-8-18(17)26-2/h4-9,11H,3,10,12-16H2,1-2H3,(H,20,21). The zero-order chi connectivity index (χ0) is 18.2. The Labute approximate surface area is 155 Å². The molecule has 1 aromatic carbocycles. The second kappa shape index (κ2) is 9.12. The molecule has 7 nitrogen and oxygen atoms in total. The van der Waals surface area contributed by atoms with Crippen molar-refractivity contribution in [3.63, 3.8) is 0 Å². The van der Waals surface area contributed by atoms with Gasteiger partial charge in [0.25, 0.3) is 0 Å². The van der Waals surface area contributed by atoms with E-state index in [-0.39, 0.29) is 0 Å². The lowest BCUT2D eigenvalue weighted by atomic mass is 10.2. The van der Waals surface area contributed by atoms with Crippen LogP contribution >= 0.6 is 0 Å². The van der Waals surface area contributed by atoms with Crippen LogP contribution in [0, 0.1) is 0 Å². The van der Waals surface area contributed by atoms with Crippen molar-refractivity contribution in [3.8, 4) is 5.75 Å². The van der Waals surface area contributed by atoms with Crippen molar-refractivity contribution < 1.29 is 4.74 Å². The number of guanidine groups is 1. The summed E-state index contributed by atoms with van der Waals surface area (Å²) in [4.78, 5) is 9.48. The van der Waals surface area contributed by atoms with Crippen LogP contribution in [0.1, 0.15) is 6.92 Å².